The molecule has 0 fully saturated rings. The summed E-state index contributed by atoms with van der Waals surface area (Å²) >= 11 is 0. The van der Waals surface area contributed by atoms with Crippen LogP contribution >= 0.6 is 0 Å². The fourth-order valence-corrected chi connectivity index (χ4v) is 3.18. The van der Waals surface area contributed by atoms with E-state index in [4.69, 9.17) is 5.14 Å². The Morgan fingerprint density at radius 3 is 2.27 bits per heavy atom. The van der Waals surface area contributed by atoms with Crippen LogP contribution in [0.2, 0.25) is 0 Å². The zero-order valence-corrected chi connectivity index (χ0v) is 12.6. The van der Waals surface area contributed by atoms with Crippen molar-refractivity contribution < 1.29 is 12.8 Å². The third kappa shape index (κ3) is 2.93. The van der Waals surface area contributed by atoms with Crippen molar-refractivity contribution in [2.24, 2.45) is 5.14 Å². The van der Waals surface area contributed by atoms with E-state index in [1.807, 2.05) is 0 Å². The number of sulfonamides is 1. The van der Waals surface area contributed by atoms with Gasteiger partial charge in [-0.25, -0.2) is 17.9 Å². The van der Waals surface area contributed by atoms with Crippen LogP contribution in [0.5, 0.6) is 0 Å². The number of benzene rings is 1. The van der Waals surface area contributed by atoms with Crippen LogP contribution in [-0.4, -0.2) is 13.4 Å². The summed E-state index contributed by atoms with van der Waals surface area (Å²) in [7, 11) is -3.73. The minimum Gasteiger partial charge on any atom is -0.255 e. The molecule has 0 amide bonds. The number of halogens is 1. The number of pyridine rings is 1. The number of hydrogen-bond acceptors (Lipinski definition) is 3. The average molecular weight is 318 g/mol. The van der Waals surface area contributed by atoms with E-state index in [0.29, 0.717) is 0 Å². The number of aromatic nitrogens is 1. The summed E-state index contributed by atoms with van der Waals surface area (Å²) in [6.07, 6.45) is 4.05. The zero-order valence-electron chi connectivity index (χ0n) is 11.8. The number of rotatable bonds is 3. The molecule has 1 aromatic carbocycles. The number of hydrogen-bond donors (Lipinski definition) is 1. The van der Waals surface area contributed by atoms with Crippen molar-refractivity contribution in [2.75, 3.05) is 0 Å². The van der Waals surface area contributed by atoms with Gasteiger partial charge in [-0.3, -0.25) is 4.98 Å². The fraction of sp³-hybridized carbons (Fsp3) is 0.188. The zero-order chi connectivity index (χ0) is 15.7. The summed E-state index contributed by atoms with van der Waals surface area (Å²) in [4.78, 5) is 4.23. The second-order valence-electron chi connectivity index (χ2n) is 5.24. The Morgan fingerprint density at radius 1 is 1.00 bits per heavy atom. The molecular formula is C16H15FN2O2S. The molecule has 3 rings (SSSR count). The summed E-state index contributed by atoms with van der Waals surface area (Å²) < 4.78 is 35.6. The lowest BCUT2D eigenvalue weighted by Gasteiger charge is -2.08. The van der Waals surface area contributed by atoms with Gasteiger partial charge in [0.2, 0.25) is 10.0 Å². The van der Waals surface area contributed by atoms with Crippen LogP contribution in [0, 0.1) is 5.82 Å². The van der Waals surface area contributed by atoms with Gasteiger partial charge in [-0.2, -0.15) is 0 Å². The summed E-state index contributed by atoms with van der Waals surface area (Å²) in [5, 5.41) is 5.08. The minimum absolute atomic E-state index is 0.00169. The predicted octanol–water partition coefficient (Wildman–Crippen LogP) is 2.96. The molecular weight excluding hydrogens is 303 g/mol. The van der Waals surface area contributed by atoms with Gasteiger partial charge in [0.15, 0.2) is 0 Å². The Hall–Kier alpha value is -2.05. The second kappa shape index (κ2) is 5.62. The van der Waals surface area contributed by atoms with Gasteiger partial charge in [0.25, 0.3) is 0 Å². The fourth-order valence-electron chi connectivity index (χ4n) is 2.72. The van der Waals surface area contributed by atoms with Crippen molar-refractivity contribution in [1.29, 1.82) is 0 Å². The molecule has 6 heteroatoms. The van der Waals surface area contributed by atoms with Gasteiger partial charge in [-0.05, 0) is 60.2 Å². The van der Waals surface area contributed by atoms with Gasteiger partial charge < -0.3 is 0 Å². The van der Waals surface area contributed by atoms with Crippen LogP contribution in [0.15, 0.2) is 47.5 Å². The molecule has 0 unspecified atom stereocenters. The van der Waals surface area contributed by atoms with Crippen LogP contribution in [0.1, 0.15) is 30.5 Å². The van der Waals surface area contributed by atoms with Crippen LogP contribution in [-0.2, 0) is 10.0 Å². The monoisotopic (exact) mass is 318 g/mol. The van der Waals surface area contributed by atoms with E-state index in [2.05, 4.69) is 4.98 Å². The van der Waals surface area contributed by atoms with Crippen molar-refractivity contribution in [1.82, 2.24) is 4.98 Å². The maximum atomic E-state index is 13.1. The first-order valence-electron chi connectivity index (χ1n) is 6.92. The molecule has 1 heterocycles. The van der Waals surface area contributed by atoms with Crippen molar-refractivity contribution >= 4 is 21.2 Å². The van der Waals surface area contributed by atoms with E-state index >= 15 is 0 Å². The first-order chi connectivity index (χ1) is 10.4. The average Bonchev–Trinajstić information content (AvgIpc) is 2.97. The summed E-state index contributed by atoms with van der Waals surface area (Å²) in [5.41, 5.74) is 3.93. The quantitative estimate of drug-likeness (QED) is 0.945. The number of nitrogens with zero attached hydrogens (tertiary/aromatic N) is 1. The molecule has 1 aliphatic carbocycles. The van der Waals surface area contributed by atoms with Gasteiger partial charge >= 0.3 is 0 Å². The molecule has 0 spiro atoms. The Bertz CT molecular complexity index is 825. The van der Waals surface area contributed by atoms with E-state index < -0.39 is 10.0 Å². The maximum Gasteiger partial charge on any atom is 0.239 e. The highest BCUT2D eigenvalue weighted by Crippen LogP contribution is 2.39. The van der Waals surface area contributed by atoms with Crippen LogP contribution in [0.4, 0.5) is 4.39 Å². The molecule has 0 saturated carbocycles. The molecule has 22 heavy (non-hydrogen) atoms. The summed E-state index contributed by atoms with van der Waals surface area (Å²) in [5.74, 6) is -0.264. The van der Waals surface area contributed by atoms with E-state index in [1.54, 1.807) is 18.2 Å². The Labute approximate surface area is 128 Å². The molecule has 0 radical (unpaired) electrons. The van der Waals surface area contributed by atoms with Crippen LogP contribution in [0.3, 0.4) is 0 Å². The molecule has 2 aromatic rings. The molecule has 0 saturated heterocycles. The molecule has 1 aromatic heterocycles. The third-order valence-corrected chi connectivity index (χ3v) is 4.68. The van der Waals surface area contributed by atoms with E-state index in [9.17, 15) is 12.8 Å². The van der Waals surface area contributed by atoms with E-state index in [0.717, 1.165) is 41.7 Å². The highest BCUT2D eigenvalue weighted by molar-refractivity contribution is 7.89. The predicted molar refractivity (Wildman–Crippen MR) is 82.7 cm³/mol. The van der Waals surface area contributed by atoms with Gasteiger partial charge in [0.05, 0.1) is 5.69 Å². The van der Waals surface area contributed by atoms with Gasteiger partial charge in [0.1, 0.15) is 10.7 Å². The first kappa shape index (κ1) is 14.9. The first-order valence-corrected chi connectivity index (χ1v) is 8.47. The largest absolute Gasteiger partial charge is 0.255 e. The molecule has 114 valence electrons. The lowest BCUT2D eigenvalue weighted by Crippen LogP contribution is -2.12. The molecule has 2 N–H and O–H groups in total. The third-order valence-electron chi connectivity index (χ3n) is 3.78. The maximum absolute atomic E-state index is 13.1. The lowest BCUT2D eigenvalue weighted by atomic mass is 10.00. The minimum atomic E-state index is -3.73. The van der Waals surface area contributed by atoms with Gasteiger partial charge in [-0.1, -0.05) is 12.1 Å². The number of nitrogens with two attached hydrogens (primary N) is 1. The van der Waals surface area contributed by atoms with E-state index in [-0.39, 0.29) is 10.7 Å². The Balaban J connectivity index is 2.01. The molecule has 0 aliphatic heterocycles. The smallest absolute Gasteiger partial charge is 0.239 e. The van der Waals surface area contributed by atoms with Crippen molar-refractivity contribution in [2.45, 2.75) is 24.2 Å². The SMILES string of the molecule is NS(=O)(=O)c1ccc(C2=C(c3ccc(F)cc3)CCC2)nc1. The van der Waals surface area contributed by atoms with Crippen molar-refractivity contribution in [3.8, 4) is 0 Å². The summed E-state index contributed by atoms with van der Waals surface area (Å²) in [6.45, 7) is 0. The highest BCUT2D eigenvalue weighted by atomic mass is 32.2. The van der Waals surface area contributed by atoms with Crippen molar-refractivity contribution in [3.63, 3.8) is 0 Å². The summed E-state index contributed by atoms with van der Waals surface area (Å²) in [6, 6.07) is 9.53. The topological polar surface area (TPSA) is 73.1 Å². The molecule has 1 aliphatic rings. The normalized spacial score (nSPS) is 15.4. The number of allylic oxidation sites excluding steroid dienone is 2. The number of primary sulfonamides is 1. The molecule has 0 atom stereocenters. The molecule has 4 nitrogen and oxygen atoms in total. The van der Waals surface area contributed by atoms with Gasteiger partial charge in [0, 0.05) is 6.20 Å². The Kier molecular flexibility index (Phi) is 3.80. The molecule has 0 bridgehead atoms. The highest BCUT2D eigenvalue weighted by Gasteiger charge is 2.19. The van der Waals surface area contributed by atoms with Crippen LogP contribution < -0.4 is 5.14 Å². The second-order valence-corrected chi connectivity index (χ2v) is 6.80. The van der Waals surface area contributed by atoms with Crippen LogP contribution in [0.25, 0.3) is 11.1 Å². The van der Waals surface area contributed by atoms with Crippen molar-refractivity contribution in [3.05, 3.63) is 59.7 Å². The van der Waals surface area contributed by atoms with E-state index in [1.165, 1.54) is 24.4 Å². The van der Waals surface area contributed by atoms with Gasteiger partial charge in [-0.15, -0.1) is 0 Å². The standard InChI is InChI=1S/C16H15FN2O2S/c17-12-6-4-11(5-7-12)14-2-1-3-15(14)16-9-8-13(10-19-16)22(18,20)21/h4-10H,1-3H2,(H2,18,20,21). The lowest BCUT2D eigenvalue weighted by molar-refractivity contribution is 0.597. The Morgan fingerprint density at radius 2 is 1.68 bits per heavy atom.